The van der Waals surface area contributed by atoms with Crippen LogP contribution in [0.1, 0.15) is 0 Å². The number of carbonyl (C=O) groups is 1. The van der Waals surface area contributed by atoms with Crippen molar-refractivity contribution in [1.82, 2.24) is 35.7 Å². The summed E-state index contributed by atoms with van der Waals surface area (Å²) in [6.07, 6.45) is 0. The van der Waals surface area contributed by atoms with Gasteiger partial charge in [0.25, 0.3) is 0 Å². The normalized spacial score (nSPS) is 15.4. The Morgan fingerprint density at radius 1 is 1.25 bits per heavy atom. The zero-order valence-corrected chi connectivity index (χ0v) is 14.0. The summed E-state index contributed by atoms with van der Waals surface area (Å²) in [5.41, 5.74) is 0.810. The van der Waals surface area contributed by atoms with Gasteiger partial charge in [0.05, 0.1) is 0 Å². The van der Waals surface area contributed by atoms with E-state index in [-0.39, 0.29) is 12.5 Å². The molecule has 0 atom stereocenters. The van der Waals surface area contributed by atoms with Crippen LogP contribution in [-0.2, 0) is 11.3 Å². The largest absolute Gasteiger partial charge is 0.353 e. The van der Waals surface area contributed by atoms with Gasteiger partial charge >= 0.3 is 0 Å². The van der Waals surface area contributed by atoms with Crippen LogP contribution in [0.2, 0.25) is 5.02 Å². The van der Waals surface area contributed by atoms with Crippen LogP contribution in [0, 0.1) is 0 Å². The fraction of sp³-hybridized carbons (Fsp3) is 0.467. The molecule has 0 radical (unpaired) electrons. The molecule has 1 fully saturated rings. The molecular weight excluding hydrogens is 330 g/mol. The first-order valence-electron chi connectivity index (χ1n) is 7.94. The van der Waals surface area contributed by atoms with Crippen molar-refractivity contribution in [1.29, 1.82) is 0 Å². The van der Waals surface area contributed by atoms with Crippen LogP contribution in [0.4, 0.5) is 0 Å². The first-order chi connectivity index (χ1) is 11.7. The molecule has 0 aliphatic carbocycles. The molecule has 24 heavy (non-hydrogen) atoms. The number of tetrazole rings is 1. The van der Waals surface area contributed by atoms with Gasteiger partial charge in [-0.15, -0.1) is 10.2 Å². The second kappa shape index (κ2) is 8.18. The zero-order valence-electron chi connectivity index (χ0n) is 13.3. The molecule has 2 heterocycles. The molecule has 1 aliphatic heterocycles. The van der Waals surface area contributed by atoms with Crippen LogP contribution in [-0.4, -0.2) is 70.3 Å². The highest BCUT2D eigenvalue weighted by Gasteiger charge is 2.11. The van der Waals surface area contributed by atoms with Crippen LogP contribution in [0.25, 0.3) is 11.4 Å². The van der Waals surface area contributed by atoms with E-state index in [1.54, 1.807) is 12.1 Å². The standard InChI is InChI=1S/C15H20ClN7O/c16-13-3-1-12(2-4-13)15-19-21-23(20-15)11-14(24)18-7-10-22-8-5-17-6-9-22/h1-4,17H,5-11H2,(H,18,24). The Hall–Kier alpha value is -2.03. The summed E-state index contributed by atoms with van der Waals surface area (Å²) in [4.78, 5) is 15.6. The molecule has 1 aromatic carbocycles. The van der Waals surface area contributed by atoms with Crippen molar-refractivity contribution in [3.63, 3.8) is 0 Å². The number of halogens is 1. The first kappa shape index (κ1) is 16.8. The maximum atomic E-state index is 12.0. The van der Waals surface area contributed by atoms with Crippen LogP contribution in [0.5, 0.6) is 0 Å². The van der Waals surface area contributed by atoms with Gasteiger partial charge in [-0.2, -0.15) is 4.80 Å². The summed E-state index contributed by atoms with van der Waals surface area (Å²) >= 11 is 5.86. The Kier molecular flexibility index (Phi) is 5.73. The lowest BCUT2D eigenvalue weighted by atomic mass is 10.2. The number of nitrogens with zero attached hydrogens (tertiary/aromatic N) is 5. The number of aromatic nitrogens is 4. The molecule has 0 spiro atoms. The summed E-state index contributed by atoms with van der Waals surface area (Å²) in [6, 6.07) is 7.16. The molecule has 0 saturated carbocycles. The van der Waals surface area contributed by atoms with E-state index in [1.165, 1.54) is 4.80 Å². The minimum absolute atomic E-state index is 0.0577. The van der Waals surface area contributed by atoms with Crippen molar-refractivity contribution in [3.05, 3.63) is 29.3 Å². The highest BCUT2D eigenvalue weighted by Crippen LogP contribution is 2.16. The van der Waals surface area contributed by atoms with E-state index in [2.05, 4.69) is 30.9 Å². The third-order valence-electron chi connectivity index (χ3n) is 3.80. The summed E-state index contributed by atoms with van der Waals surface area (Å²) in [6.45, 7) is 5.58. The van der Waals surface area contributed by atoms with Gasteiger partial charge in [0.1, 0.15) is 6.54 Å². The molecule has 8 nitrogen and oxygen atoms in total. The molecule has 2 N–H and O–H groups in total. The van der Waals surface area contributed by atoms with Gasteiger partial charge in [-0.05, 0) is 29.5 Å². The molecule has 0 unspecified atom stereocenters. The Morgan fingerprint density at radius 2 is 2.00 bits per heavy atom. The maximum Gasteiger partial charge on any atom is 0.243 e. The number of hydrogen-bond donors (Lipinski definition) is 2. The number of nitrogens with one attached hydrogen (secondary N) is 2. The summed E-state index contributed by atoms with van der Waals surface area (Å²) < 4.78 is 0. The Bertz CT molecular complexity index is 667. The summed E-state index contributed by atoms with van der Waals surface area (Å²) in [7, 11) is 0. The third-order valence-corrected chi connectivity index (χ3v) is 4.05. The second-order valence-corrected chi connectivity index (χ2v) is 6.03. The molecule has 0 bridgehead atoms. The predicted molar refractivity (Wildman–Crippen MR) is 90.6 cm³/mol. The van der Waals surface area contributed by atoms with Gasteiger partial charge < -0.3 is 10.6 Å². The highest BCUT2D eigenvalue weighted by molar-refractivity contribution is 6.30. The van der Waals surface area contributed by atoms with Crippen molar-refractivity contribution < 1.29 is 4.79 Å². The predicted octanol–water partition coefficient (Wildman–Crippen LogP) is 0.0149. The number of piperazine rings is 1. The minimum Gasteiger partial charge on any atom is -0.353 e. The van der Waals surface area contributed by atoms with E-state index in [4.69, 9.17) is 11.6 Å². The molecule has 1 saturated heterocycles. The molecule has 9 heteroatoms. The monoisotopic (exact) mass is 349 g/mol. The van der Waals surface area contributed by atoms with Gasteiger partial charge in [-0.25, -0.2) is 0 Å². The molecule has 3 rings (SSSR count). The Labute approximate surface area is 145 Å². The van der Waals surface area contributed by atoms with Crippen molar-refractivity contribution in [2.45, 2.75) is 6.54 Å². The van der Waals surface area contributed by atoms with Gasteiger partial charge in [-0.1, -0.05) is 11.6 Å². The Balaban J connectivity index is 1.45. The van der Waals surface area contributed by atoms with Crippen LogP contribution in [0.3, 0.4) is 0 Å². The second-order valence-electron chi connectivity index (χ2n) is 5.59. The van der Waals surface area contributed by atoms with E-state index < -0.39 is 0 Å². The number of carbonyl (C=O) groups excluding carboxylic acids is 1. The zero-order chi connectivity index (χ0) is 16.8. The average molecular weight is 350 g/mol. The molecule has 1 aromatic heterocycles. The first-order valence-corrected chi connectivity index (χ1v) is 8.32. The number of hydrogen-bond acceptors (Lipinski definition) is 6. The minimum atomic E-state index is -0.120. The van der Waals surface area contributed by atoms with Gasteiger partial charge in [0.15, 0.2) is 0 Å². The van der Waals surface area contributed by atoms with Crippen molar-refractivity contribution in [2.24, 2.45) is 0 Å². The van der Waals surface area contributed by atoms with Gasteiger partial charge in [-0.3, -0.25) is 9.69 Å². The Morgan fingerprint density at radius 3 is 2.75 bits per heavy atom. The SMILES string of the molecule is O=C(Cn1nnc(-c2ccc(Cl)cc2)n1)NCCN1CCNCC1. The fourth-order valence-corrected chi connectivity index (χ4v) is 2.62. The molecule has 128 valence electrons. The highest BCUT2D eigenvalue weighted by atomic mass is 35.5. The lowest BCUT2D eigenvalue weighted by molar-refractivity contribution is -0.122. The fourth-order valence-electron chi connectivity index (χ4n) is 2.50. The van der Waals surface area contributed by atoms with Gasteiger partial charge in [0, 0.05) is 49.9 Å². The van der Waals surface area contributed by atoms with Crippen LogP contribution in [0.15, 0.2) is 24.3 Å². The third kappa shape index (κ3) is 4.73. The van der Waals surface area contributed by atoms with E-state index in [1.807, 2.05) is 12.1 Å². The summed E-state index contributed by atoms with van der Waals surface area (Å²) in [5.74, 6) is 0.352. The smallest absolute Gasteiger partial charge is 0.243 e. The molecular formula is C15H20ClN7O. The average Bonchev–Trinajstić information content (AvgIpc) is 3.05. The van der Waals surface area contributed by atoms with Crippen molar-refractivity contribution in [2.75, 3.05) is 39.3 Å². The molecule has 1 amide bonds. The summed E-state index contributed by atoms with van der Waals surface area (Å²) in [5, 5.41) is 18.9. The lowest BCUT2D eigenvalue weighted by Crippen LogP contribution is -2.46. The number of amides is 1. The van der Waals surface area contributed by atoms with Crippen molar-refractivity contribution in [3.8, 4) is 11.4 Å². The number of rotatable bonds is 6. The lowest BCUT2D eigenvalue weighted by Gasteiger charge is -2.27. The van der Waals surface area contributed by atoms with E-state index in [0.717, 1.165) is 38.3 Å². The molecule has 1 aliphatic rings. The maximum absolute atomic E-state index is 12.0. The van der Waals surface area contributed by atoms with E-state index >= 15 is 0 Å². The number of benzene rings is 1. The topological polar surface area (TPSA) is 88.0 Å². The molecule has 2 aromatic rings. The van der Waals surface area contributed by atoms with Crippen molar-refractivity contribution >= 4 is 17.5 Å². The van der Waals surface area contributed by atoms with Crippen LogP contribution < -0.4 is 10.6 Å². The quantitative estimate of drug-likeness (QED) is 0.764. The van der Waals surface area contributed by atoms with Crippen LogP contribution >= 0.6 is 11.6 Å². The van der Waals surface area contributed by atoms with Gasteiger partial charge in [0.2, 0.25) is 11.7 Å². The van der Waals surface area contributed by atoms with E-state index in [0.29, 0.717) is 17.4 Å². The van der Waals surface area contributed by atoms with E-state index in [9.17, 15) is 4.79 Å².